The first-order chi connectivity index (χ1) is 8.40. The summed E-state index contributed by atoms with van der Waals surface area (Å²) in [6.07, 6.45) is 3.32. The molecule has 1 aliphatic rings. The zero-order valence-electron chi connectivity index (χ0n) is 10.5. The minimum atomic E-state index is -3.40. The summed E-state index contributed by atoms with van der Waals surface area (Å²) >= 11 is 0. The first kappa shape index (κ1) is 15.2. The molecular formula is C10H18N2O5S. The van der Waals surface area contributed by atoms with Crippen LogP contribution < -0.4 is 0 Å². The van der Waals surface area contributed by atoms with Gasteiger partial charge >= 0.3 is 0 Å². The molecule has 8 heteroatoms. The van der Waals surface area contributed by atoms with Crippen LogP contribution >= 0.6 is 0 Å². The second-order valence-electron chi connectivity index (χ2n) is 4.27. The molecule has 0 N–H and O–H groups in total. The first-order valence-corrected chi connectivity index (χ1v) is 7.53. The van der Waals surface area contributed by atoms with E-state index in [9.17, 15) is 13.2 Å². The Morgan fingerprint density at radius 1 is 1.28 bits per heavy atom. The fourth-order valence-corrected chi connectivity index (χ4v) is 2.49. The smallest absolute Gasteiger partial charge is 0.289 e. The van der Waals surface area contributed by atoms with Gasteiger partial charge in [-0.15, -0.1) is 5.11 Å². The summed E-state index contributed by atoms with van der Waals surface area (Å²) in [5.41, 5.74) is 0. The molecule has 0 aromatic carbocycles. The Balaban J connectivity index is 2.33. The van der Waals surface area contributed by atoms with Crippen LogP contribution in [0.2, 0.25) is 0 Å². The summed E-state index contributed by atoms with van der Waals surface area (Å²) in [4.78, 5) is 11.0. The average Bonchev–Trinajstić information content (AvgIpc) is 2.26. The Hall–Kier alpha value is -0.860. The van der Waals surface area contributed by atoms with Crippen molar-refractivity contribution in [2.75, 3.05) is 20.0 Å². The van der Waals surface area contributed by atoms with Crippen LogP contribution in [0.4, 0.5) is 0 Å². The third kappa shape index (κ3) is 6.18. The van der Waals surface area contributed by atoms with Gasteiger partial charge in [-0.1, -0.05) is 0 Å². The van der Waals surface area contributed by atoms with E-state index in [1.54, 1.807) is 0 Å². The van der Waals surface area contributed by atoms with Crippen LogP contribution in [0.25, 0.3) is 0 Å². The number of hydrogen-bond donors (Lipinski definition) is 0. The molecule has 0 aliphatic heterocycles. The zero-order valence-corrected chi connectivity index (χ0v) is 11.4. The van der Waals surface area contributed by atoms with Crippen LogP contribution in [0.3, 0.4) is 0 Å². The number of amides is 1. The fourth-order valence-electron chi connectivity index (χ4n) is 1.80. The molecule has 0 bridgehead atoms. The number of nitrogens with zero attached hydrogens (tertiary/aromatic N) is 2. The molecule has 18 heavy (non-hydrogen) atoms. The van der Waals surface area contributed by atoms with Crippen LogP contribution in [0.1, 0.15) is 25.7 Å². The van der Waals surface area contributed by atoms with Gasteiger partial charge < -0.3 is 4.74 Å². The van der Waals surface area contributed by atoms with Crippen molar-refractivity contribution in [1.29, 1.82) is 0 Å². The Bertz CT molecular complexity index is 398. The Kier molecular flexibility index (Phi) is 5.83. The Morgan fingerprint density at radius 2 is 1.89 bits per heavy atom. The molecule has 1 saturated carbocycles. The number of ether oxygens (including phenoxy) is 1. The third-order valence-corrected chi connectivity index (χ3v) is 3.18. The molecule has 0 aromatic heterocycles. The molecule has 104 valence electrons. The Labute approximate surface area is 107 Å². The molecule has 7 nitrogen and oxygen atoms in total. The SMILES string of the molecule is COCC(=O)N=NC1CCC(OS(C)(=O)=O)CC1. The predicted octanol–water partition coefficient (Wildman–Crippen LogP) is 0.899. The molecule has 1 aliphatic carbocycles. The molecule has 0 saturated heterocycles. The van der Waals surface area contributed by atoms with E-state index in [1.165, 1.54) is 7.11 Å². The molecule has 0 unspecified atom stereocenters. The van der Waals surface area contributed by atoms with E-state index in [0.29, 0.717) is 25.7 Å². The van der Waals surface area contributed by atoms with Crippen LogP contribution in [0, 0.1) is 0 Å². The van der Waals surface area contributed by atoms with E-state index in [0.717, 1.165) is 6.26 Å². The highest BCUT2D eigenvalue weighted by Gasteiger charge is 2.24. The molecule has 1 fully saturated rings. The van der Waals surface area contributed by atoms with Gasteiger partial charge in [-0.2, -0.15) is 13.5 Å². The van der Waals surface area contributed by atoms with Crippen LogP contribution in [0.5, 0.6) is 0 Å². The highest BCUT2D eigenvalue weighted by Crippen LogP contribution is 2.24. The lowest BCUT2D eigenvalue weighted by Crippen LogP contribution is -2.25. The van der Waals surface area contributed by atoms with Gasteiger partial charge in [-0.3, -0.25) is 8.98 Å². The van der Waals surface area contributed by atoms with Crippen molar-refractivity contribution in [3.63, 3.8) is 0 Å². The van der Waals surface area contributed by atoms with Gasteiger partial charge in [-0.25, -0.2) is 0 Å². The Morgan fingerprint density at radius 3 is 2.39 bits per heavy atom. The van der Waals surface area contributed by atoms with Gasteiger partial charge in [0.25, 0.3) is 16.0 Å². The predicted molar refractivity (Wildman–Crippen MR) is 63.7 cm³/mol. The summed E-state index contributed by atoms with van der Waals surface area (Å²) in [6, 6.07) is -0.0368. The van der Waals surface area contributed by atoms with Crippen LogP contribution in [-0.4, -0.2) is 46.4 Å². The van der Waals surface area contributed by atoms with Crippen molar-refractivity contribution in [1.82, 2.24) is 0 Å². The van der Waals surface area contributed by atoms with Gasteiger partial charge in [0, 0.05) is 7.11 Å². The van der Waals surface area contributed by atoms with Gasteiger partial charge in [0.2, 0.25) is 0 Å². The largest absolute Gasteiger partial charge is 0.375 e. The topological polar surface area (TPSA) is 94.4 Å². The number of carbonyl (C=O) groups excluding carboxylic acids is 1. The van der Waals surface area contributed by atoms with Gasteiger partial charge in [0.1, 0.15) is 6.61 Å². The number of hydrogen-bond acceptors (Lipinski definition) is 6. The highest BCUT2D eigenvalue weighted by molar-refractivity contribution is 7.86. The van der Waals surface area contributed by atoms with Gasteiger partial charge in [-0.05, 0) is 25.7 Å². The molecule has 1 amide bonds. The third-order valence-electron chi connectivity index (χ3n) is 2.55. The minimum absolute atomic E-state index is 0.0368. The van der Waals surface area contributed by atoms with Crippen LogP contribution in [-0.2, 0) is 23.8 Å². The van der Waals surface area contributed by atoms with Crippen molar-refractivity contribution < 1.29 is 22.1 Å². The lowest BCUT2D eigenvalue weighted by atomic mass is 9.94. The van der Waals surface area contributed by atoms with E-state index in [-0.39, 0.29) is 18.8 Å². The summed E-state index contributed by atoms with van der Waals surface area (Å²) < 4.78 is 31.4. The number of rotatable bonds is 5. The number of azo groups is 1. The van der Waals surface area contributed by atoms with E-state index in [1.807, 2.05) is 0 Å². The second kappa shape index (κ2) is 6.91. The van der Waals surface area contributed by atoms with E-state index in [2.05, 4.69) is 15.0 Å². The maximum Gasteiger partial charge on any atom is 0.289 e. The van der Waals surface area contributed by atoms with E-state index >= 15 is 0 Å². The van der Waals surface area contributed by atoms with Crippen molar-refractivity contribution in [3.05, 3.63) is 0 Å². The van der Waals surface area contributed by atoms with E-state index in [4.69, 9.17) is 4.18 Å². The lowest BCUT2D eigenvalue weighted by molar-refractivity contribution is -0.121. The second-order valence-corrected chi connectivity index (χ2v) is 5.87. The highest BCUT2D eigenvalue weighted by atomic mass is 32.2. The summed E-state index contributed by atoms with van der Waals surface area (Å²) in [5, 5.41) is 7.46. The van der Waals surface area contributed by atoms with Crippen molar-refractivity contribution in [2.24, 2.45) is 10.2 Å². The molecule has 0 radical (unpaired) electrons. The normalized spacial score (nSPS) is 25.4. The molecule has 1 rings (SSSR count). The molecule has 0 heterocycles. The van der Waals surface area contributed by atoms with Crippen molar-refractivity contribution in [3.8, 4) is 0 Å². The molecule has 0 aromatic rings. The summed E-state index contributed by atoms with van der Waals surface area (Å²) in [5.74, 6) is -0.410. The number of carbonyl (C=O) groups is 1. The van der Waals surface area contributed by atoms with Crippen molar-refractivity contribution in [2.45, 2.75) is 37.8 Å². The van der Waals surface area contributed by atoms with E-state index < -0.39 is 16.0 Å². The maximum absolute atomic E-state index is 11.0. The lowest BCUT2D eigenvalue weighted by Gasteiger charge is -2.24. The maximum atomic E-state index is 11.0. The molecule has 0 atom stereocenters. The minimum Gasteiger partial charge on any atom is -0.375 e. The number of methoxy groups -OCH3 is 1. The summed E-state index contributed by atoms with van der Waals surface area (Å²) in [6.45, 7) is -0.0734. The summed E-state index contributed by atoms with van der Waals surface area (Å²) in [7, 11) is -1.98. The first-order valence-electron chi connectivity index (χ1n) is 5.71. The monoisotopic (exact) mass is 278 g/mol. The van der Waals surface area contributed by atoms with Crippen molar-refractivity contribution >= 4 is 16.0 Å². The molecular weight excluding hydrogens is 260 g/mol. The van der Waals surface area contributed by atoms with Crippen LogP contribution in [0.15, 0.2) is 10.2 Å². The quantitative estimate of drug-likeness (QED) is 0.550. The van der Waals surface area contributed by atoms with Gasteiger partial charge in [0.05, 0.1) is 18.4 Å². The van der Waals surface area contributed by atoms with Gasteiger partial charge in [0.15, 0.2) is 0 Å². The standard InChI is InChI=1S/C10H18N2O5S/c1-16-7-10(13)12-11-8-3-5-9(6-4-8)17-18(2,14)15/h8-9H,3-7H2,1-2H3. The average molecular weight is 278 g/mol. The fraction of sp³-hybridized carbons (Fsp3) is 0.900. The molecule has 0 spiro atoms. The zero-order chi connectivity index (χ0) is 13.6.